The van der Waals surface area contributed by atoms with Crippen molar-refractivity contribution in [2.45, 2.75) is 351 Å². The van der Waals surface area contributed by atoms with E-state index in [-0.39, 0.29) is 18.9 Å². The Bertz CT molecular complexity index is 1780. The number of hydrogen-bond donors (Lipinski definition) is 9. The van der Waals surface area contributed by atoms with Crippen LogP contribution in [0.5, 0.6) is 0 Å². The van der Waals surface area contributed by atoms with Crippen molar-refractivity contribution in [3.8, 4) is 0 Å². The molecule has 9 N–H and O–H groups in total. The molecule has 0 bridgehead atoms. The van der Waals surface area contributed by atoms with Gasteiger partial charge in [0.15, 0.2) is 12.6 Å². The summed E-state index contributed by atoms with van der Waals surface area (Å²) in [5.74, 6) is -0.254. The maximum Gasteiger partial charge on any atom is 0.220 e. The largest absolute Gasteiger partial charge is 0.394 e. The standard InChI is InChI=1S/C73H129NO13/c1-3-5-7-9-11-13-15-17-19-21-23-25-27-29-31-33-35-37-39-41-43-45-47-49-51-53-55-57-65(78)74-61(60-84-72-70(83)68(81)71(64(59-76)86-72)87-73-69(82)67(80)66(79)63(58-75)85-73)62(77)56-54-52-50-48-46-44-42-40-38-36-34-32-30-28-26-24-22-20-18-16-14-12-10-8-6-4-2/h5,7,11,13,17,19,23,25,38,40,46,48,54,56,61-64,66-73,75-77,79-83H,3-4,6,8-10,12,14-16,18,20-22,24,26-37,39,41-45,47,49-53,55,57-60H2,1-2H3,(H,74,78)/b7-5-,13-11-,19-17-,25-23-,40-38+,48-46+,56-54+. The Morgan fingerprint density at radius 3 is 1.26 bits per heavy atom. The highest BCUT2D eigenvalue weighted by atomic mass is 16.7. The van der Waals surface area contributed by atoms with Gasteiger partial charge in [0.05, 0.1) is 32.0 Å². The number of allylic oxidation sites excluding steroid dienone is 13. The van der Waals surface area contributed by atoms with Crippen LogP contribution in [0.3, 0.4) is 0 Å². The maximum absolute atomic E-state index is 13.3. The first-order chi connectivity index (χ1) is 42.6. The van der Waals surface area contributed by atoms with E-state index < -0.39 is 86.8 Å². The number of nitrogens with one attached hydrogen (secondary N) is 1. The molecular weight excluding hydrogens is 1100 g/mol. The summed E-state index contributed by atoms with van der Waals surface area (Å²) in [5, 5.41) is 87.4. The zero-order valence-corrected chi connectivity index (χ0v) is 54.7. The van der Waals surface area contributed by atoms with Crippen molar-refractivity contribution < 1.29 is 64.6 Å². The lowest BCUT2D eigenvalue weighted by Gasteiger charge is -2.46. The van der Waals surface area contributed by atoms with Gasteiger partial charge in [-0.1, -0.05) is 272 Å². The first-order valence-electron chi connectivity index (χ1n) is 35.3. The molecule has 2 heterocycles. The van der Waals surface area contributed by atoms with E-state index in [0.717, 1.165) is 70.6 Å². The molecule has 2 aliphatic heterocycles. The molecule has 0 aromatic heterocycles. The molecule has 2 rings (SSSR count). The van der Waals surface area contributed by atoms with Crippen LogP contribution in [0.25, 0.3) is 0 Å². The molecule has 0 aromatic carbocycles. The van der Waals surface area contributed by atoms with Gasteiger partial charge >= 0.3 is 0 Å². The normalized spacial score (nSPS) is 23.8. The van der Waals surface area contributed by atoms with Crippen LogP contribution in [-0.2, 0) is 23.7 Å². The maximum atomic E-state index is 13.3. The predicted molar refractivity (Wildman–Crippen MR) is 355 cm³/mol. The zero-order valence-electron chi connectivity index (χ0n) is 54.7. The van der Waals surface area contributed by atoms with Gasteiger partial charge < -0.3 is 65.1 Å². The number of rotatable bonds is 57. The van der Waals surface area contributed by atoms with Crippen LogP contribution in [0.15, 0.2) is 85.1 Å². The van der Waals surface area contributed by atoms with E-state index in [9.17, 15) is 45.6 Å². The molecular formula is C73H129NO13. The third-order valence-electron chi connectivity index (χ3n) is 16.8. The minimum absolute atomic E-state index is 0.254. The molecule has 14 nitrogen and oxygen atoms in total. The second-order valence-corrected chi connectivity index (χ2v) is 24.6. The number of hydrogen-bond acceptors (Lipinski definition) is 13. The monoisotopic (exact) mass is 1230 g/mol. The van der Waals surface area contributed by atoms with Gasteiger partial charge in [-0.2, -0.15) is 0 Å². The molecule has 2 saturated heterocycles. The van der Waals surface area contributed by atoms with Crippen molar-refractivity contribution in [3.05, 3.63) is 85.1 Å². The second-order valence-electron chi connectivity index (χ2n) is 24.6. The molecule has 0 aliphatic carbocycles. The predicted octanol–water partition coefficient (Wildman–Crippen LogP) is 14.4. The molecule has 0 radical (unpaired) electrons. The summed E-state index contributed by atoms with van der Waals surface area (Å²) in [7, 11) is 0. The third-order valence-corrected chi connectivity index (χ3v) is 16.8. The van der Waals surface area contributed by atoms with Crippen LogP contribution in [0, 0.1) is 0 Å². The van der Waals surface area contributed by atoms with Crippen LogP contribution < -0.4 is 5.32 Å². The van der Waals surface area contributed by atoms with E-state index in [1.54, 1.807) is 6.08 Å². The lowest BCUT2D eigenvalue weighted by molar-refractivity contribution is -0.359. The quantitative estimate of drug-likeness (QED) is 0.0204. The Hall–Kier alpha value is -2.83. The van der Waals surface area contributed by atoms with Gasteiger partial charge in [0.1, 0.15) is 48.8 Å². The lowest BCUT2D eigenvalue weighted by atomic mass is 9.97. The van der Waals surface area contributed by atoms with Gasteiger partial charge in [0.2, 0.25) is 5.91 Å². The molecule has 12 unspecified atom stereocenters. The van der Waals surface area contributed by atoms with Crippen LogP contribution >= 0.6 is 0 Å². The van der Waals surface area contributed by atoms with Crippen molar-refractivity contribution >= 4 is 5.91 Å². The number of amides is 1. The highest BCUT2D eigenvalue weighted by Gasteiger charge is 2.51. The molecule has 0 spiro atoms. The Balaban J connectivity index is 1.71. The van der Waals surface area contributed by atoms with E-state index in [4.69, 9.17) is 18.9 Å². The minimum Gasteiger partial charge on any atom is -0.394 e. The van der Waals surface area contributed by atoms with Crippen molar-refractivity contribution in [2.75, 3.05) is 19.8 Å². The molecule has 0 saturated carbocycles. The summed E-state index contributed by atoms with van der Waals surface area (Å²) in [5.41, 5.74) is 0. The molecule has 1 amide bonds. The highest BCUT2D eigenvalue weighted by molar-refractivity contribution is 5.76. The third kappa shape index (κ3) is 41.3. The van der Waals surface area contributed by atoms with Crippen molar-refractivity contribution in [1.29, 1.82) is 0 Å². The minimum atomic E-state index is -1.80. The second kappa shape index (κ2) is 57.1. The number of carbonyl (C=O) groups excluding carboxylic acids is 1. The number of unbranched alkanes of at least 4 members (excludes halogenated alkanes) is 32. The van der Waals surface area contributed by atoms with Crippen LogP contribution in [-0.4, -0.2) is 140 Å². The van der Waals surface area contributed by atoms with Crippen LogP contribution in [0.1, 0.15) is 277 Å². The van der Waals surface area contributed by atoms with Gasteiger partial charge in [-0.05, 0) is 83.5 Å². The SMILES string of the molecule is CC/C=C\C/C=C\C/C=C\C/C=C\CCCCCCCCCCCCCCCCC(=O)NC(COC1OC(CO)C(OC2OC(CO)C(O)C(O)C2O)C(O)C1O)C(O)/C=C/CC/C=C/CC/C=C/CCCCCCCCCCCCCCCCCC. The van der Waals surface area contributed by atoms with Crippen molar-refractivity contribution in [1.82, 2.24) is 5.32 Å². The average Bonchev–Trinajstić information content (AvgIpc) is 2.58. The smallest absolute Gasteiger partial charge is 0.220 e. The van der Waals surface area contributed by atoms with E-state index in [2.05, 4.69) is 92.1 Å². The fourth-order valence-corrected chi connectivity index (χ4v) is 11.2. The lowest BCUT2D eigenvalue weighted by Crippen LogP contribution is -2.65. The first-order valence-corrected chi connectivity index (χ1v) is 35.3. The average molecular weight is 1230 g/mol. The van der Waals surface area contributed by atoms with Gasteiger partial charge in [-0.15, -0.1) is 0 Å². The summed E-state index contributed by atoms with van der Waals surface area (Å²) in [6, 6.07) is -0.944. The number of aliphatic hydroxyl groups is 8. The van der Waals surface area contributed by atoms with E-state index in [1.165, 1.54) is 173 Å². The van der Waals surface area contributed by atoms with Crippen LogP contribution in [0.2, 0.25) is 0 Å². The summed E-state index contributed by atoms with van der Waals surface area (Å²) >= 11 is 0. The number of ether oxygens (including phenoxy) is 4. The summed E-state index contributed by atoms with van der Waals surface area (Å²) in [6.45, 7) is 2.69. The first kappa shape index (κ1) is 80.3. The van der Waals surface area contributed by atoms with Crippen molar-refractivity contribution in [2.24, 2.45) is 0 Å². The fraction of sp³-hybridized carbons (Fsp3) is 0.795. The Labute approximate surface area is 529 Å². The molecule has 2 fully saturated rings. The Kier molecular flexibility index (Phi) is 52.7. The van der Waals surface area contributed by atoms with E-state index >= 15 is 0 Å². The number of aliphatic hydroxyl groups excluding tert-OH is 8. The van der Waals surface area contributed by atoms with E-state index in [1.807, 2.05) is 6.08 Å². The summed E-state index contributed by atoms with van der Waals surface area (Å²) < 4.78 is 22.8. The van der Waals surface area contributed by atoms with Crippen molar-refractivity contribution in [3.63, 3.8) is 0 Å². The van der Waals surface area contributed by atoms with Crippen LogP contribution in [0.4, 0.5) is 0 Å². The summed E-state index contributed by atoms with van der Waals surface area (Å²) in [4.78, 5) is 13.3. The molecule has 87 heavy (non-hydrogen) atoms. The molecule has 14 heteroatoms. The highest BCUT2D eigenvalue weighted by Crippen LogP contribution is 2.30. The fourth-order valence-electron chi connectivity index (χ4n) is 11.2. The van der Waals surface area contributed by atoms with Gasteiger partial charge in [-0.3, -0.25) is 4.79 Å². The summed E-state index contributed by atoms with van der Waals surface area (Å²) in [6.07, 6.45) is 62.1. The Morgan fingerprint density at radius 2 is 0.805 bits per heavy atom. The molecule has 504 valence electrons. The molecule has 12 atom stereocenters. The van der Waals surface area contributed by atoms with Gasteiger partial charge in [0, 0.05) is 6.42 Å². The molecule has 2 aliphatic rings. The van der Waals surface area contributed by atoms with Gasteiger partial charge in [0.25, 0.3) is 0 Å². The van der Waals surface area contributed by atoms with Gasteiger partial charge in [-0.25, -0.2) is 0 Å². The molecule has 0 aromatic rings. The topological polar surface area (TPSA) is 228 Å². The van der Waals surface area contributed by atoms with E-state index in [0.29, 0.717) is 12.8 Å². The number of carbonyl (C=O) groups is 1. The Morgan fingerprint density at radius 1 is 0.425 bits per heavy atom. The zero-order chi connectivity index (χ0) is 63.1.